The zero-order valence-electron chi connectivity index (χ0n) is 13.4. The maximum atomic E-state index is 12.0. The number of rotatable bonds is 5. The van der Waals surface area contributed by atoms with Crippen molar-refractivity contribution in [2.45, 2.75) is 11.3 Å². The standard InChI is InChI=1S/C15H15BrN2O6S2/c16-9-1-3-10(4-2-9)18-11-7-26(22,23)8-12(11)25-15(18)17-13(19)5-24-6-14(20)21/h1-4,11-12H,5-8H2,(H,20,21). The number of anilines is 1. The van der Waals surface area contributed by atoms with E-state index in [9.17, 15) is 18.0 Å². The van der Waals surface area contributed by atoms with Gasteiger partial charge in [-0.15, -0.1) is 0 Å². The van der Waals surface area contributed by atoms with Gasteiger partial charge in [0, 0.05) is 15.4 Å². The summed E-state index contributed by atoms with van der Waals surface area (Å²) in [4.78, 5) is 28.2. The van der Waals surface area contributed by atoms with Gasteiger partial charge in [0.25, 0.3) is 5.91 Å². The average Bonchev–Trinajstić information content (AvgIpc) is 2.99. The van der Waals surface area contributed by atoms with Gasteiger partial charge < -0.3 is 14.7 Å². The normalized spacial score (nSPS) is 25.4. The lowest BCUT2D eigenvalue weighted by Gasteiger charge is -2.24. The highest BCUT2D eigenvalue weighted by Crippen LogP contribution is 2.41. The minimum atomic E-state index is -3.13. The van der Waals surface area contributed by atoms with E-state index in [-0.39, 0.29) is 22.8 Å². The van der Waals surface area contributed by atoms with Gasteiger partial charge in [0.2, 0.25) is 0 Å². The summed E-state index contributed by atoms with van der Waals surface area (Å²) in [6.07, 6.45) is 0. The van der Waals surface area contributed by atoms with Gasteiger partial charge in [0.15, 0.2) is 15.0 Å². The summed E-state index contributed by atoms with van der Waals surface area (Å²) in [5.41, 5.74) is 0.739. The molecular formula is C15H15BrN2O6S2. The Morgan fingerprint density at radius 1 is 1.27 bits per heavy atom. The van der Waals surface area contributed by atoms with Crippen molar-refractivity contribution in [3.05, 3.63) is 28.7 Å². The molecule has 2 fully saturated rings. The summed E-state index contributed by atoms with van der Waals surface area (Å²) in [5.74, 6) is -1.74. The minimum Gasteiger partial charge on any atom is -0.480 e. The Morgan fingerprint density at radius 3 is 2.62 bits per heavy atom. The van der Waals surface area contributed by atoms with E-state index >= 15 is 0 Å². The fourth-order valence-corrected chi connectivity index (χ4v) is 7.03. The van der Waals surface area contributed by atoms with Crippen LogP contribution in [0.3, 0.4) is 0 Å². The SMILES string of the molecule is O=C(O)COCC(=O)N=C1SC2CS(=O)(=O)CC2N1c1ccc(Br)cc1. The lowest BCUT2D eigenvalue weighted by atomic mass is 10.2. The Bertz CT molecular complexity index is 855. The van der Waals surface area contributed by atoms with Crippen molar-refractivity contribution in [3.63, 3.8) is 0 Å². The van der Waals surface area contributed by atoms with Crippen molar-refractivity contribution in [2.75, 3.05) is 29.6 Å². The predicted octanol–water partition coefficient (Wildman–Crippen LogP) is 1.15. The van der Waals surface area contributed by atoms with Gasteiger partial charge in [-0.3, -0.25) is 4.79 Å². The molecule has 0 spiro atoms. The molecule has 0 aliphatic carbocycles. The van der Waals surface area contributed by atoms with Gasteiger partial charge in [-0.05, 0) is 24.3 Å². The van der Waals surface area contributed by atoms with Crippen LogP contribution in [0.1, 0.15) is 0 Å². The second-order valence-corrected chi connectivity index (χ2v) is 10.1. The van der Waals surface area contributed by atoms with Crippen molar-refractivity contribution in [1.82, 2.24) is 0 Å². The lowest BCUT2D eigenvalue weighted by Crippen LogP contribution is -2.37. The number of aliphatic carboxylic acids is 1. The molecule has 0 bridgehead atoms. The molecular weight excluding hydrogens is 448 g/mol. The van der Waals surface area contributed by atoms with Crippen LogP contribution >= 0.6 is 27.7 Å². The largest absolute Gasteiger partial charge is 0.480 e. The van der Waals surface area contributed by atoms with E-state index in [0.29, 0.717) is 5.17 Å². The van der Waals surface area contributed by atoms with Gasteiger partial charge in [-0.2, -0.15) is 4.99 Å². The first-order chi connectivity index (χ1) is 12.2. The number of halogens is 1. The minimum absolute atomic E-state index is 0.00343. The monoisotopic (exact) mass is 462 g/mol. The number of amides is 1. The number of fused-ring (bicyclic) bond motifs is 1. The molecule has 140 valence electrons. The summed E-state index contributed by atoms with van der Waals surface area (Å²) in [6.45, 7) is -1.03. The van der Waals surface area contributed by atoms with Crippen LogP contribution in [0.2, 0.25) is 0 Å². The number of hydrogen-bond donors (Lipinski definition) is 1. The number of carbonyl (C=O) groups is 2. The van der Waals surface area contributed by atoms with Gasteiger partial charge in [-0.25, -0.2) is 13.2 Å². The van der Waals surface area contributed by atoms with E-state index in [1.54, 1.807) is 4.90 Å². The van der Waals surface area contributed by atoms with Gasteiger partial charge in [-0.1, -0.05) is 27.7 Å². The van der Waals surface area contributed by atoms with Gasteiger partial charge >= 0.3 is 5.97 Å². The molecule has 3 rings (SSSR count). The molecule has 8 nitrogen and oxygen atoms in total. The third kappa shape index (κ3) is 4.45. The van der Waals surface area contributed by atoms with E-state index in [1.165, 1.54) is 11.8 Å². The first-order valence-corrected chi connectivity index (χ1v) is 11.1. The molecule has 1 amide bonds. The Kier molecular flexibility index (Phi) is 5.70. The summed E-state index contributed by atoms with van der Waals surface area (Å²) in [7, 11) is -3.13. The number of nitrogens with zero attached hydrogens (tertiary/aromatic N) is 2. The third-order valence-electron chi connectivity index (χ3n) is 3.84. The molecule has 1 aromatic rings. The summed E-state index contributed by atoms with van der Waals surface area (Å²) in [6, 6.07) is 6.99. The second-order valence-electron chi connectivity index (χ2n) is 5.82. The van der Waals surface area contributed by atoms with E-state index in [1.807, 2.05) is 24.3 Å². The van der Waals surface area contributed by atoms with Crippen LogP contribution in [0.5, 0.6) is 0 Å². The fourth-order valence-electron chi connectivity index (χ4n) is 2.83. The molecule has 11 heteroatoms. The first kappa shape index (κ1) is 19.3. The number of carboxylic acid groups (broad SMARTS) is 1. The molecule has 2 aliphatic heterocycles. The highest BCUT2D eigenvalue weighted by atomic mass is 79.9. The smallest absolute Gasteiger partial charge is 0.329 e. The first-order valence-electron chi connectivity index (χ1n) is 7.58. The van der Waals surface area contributed by atoms with E-state index in [0.717, 1.165) is 10.2 Å². The topological polar surface area (TPSA) is 113 Å². The summed E-state index contributed by atoms with van der Waals surface area (Å²) >= 11 is 4.61. The Hall–Kier alpha value is -1.43. The molecule has 0 radical (unpaired) electrons. The molecule has 2 heterocycles. The number of carboxylic acids is 1. The molecule has 1 N–H and O–H groups in total. The number of thioether (sulfide) groups is 1. The lowest BCUT2D eigenvalue weighted by molar-refractivity contribution is -0.143. The van der Waals surface area contributed by atoms with Gasteiger partial charge in [0.05, 0.1) is 17.5 Å². The molecule has 0 saturated carbocycles. The van der Waals surface area contributed by atoms with Crippen molar-refractivity contribution in [3.8, 4) is 0 Å². The van der Waals surface area contributed by atoms with Crippen LogP contribution in [-0.2, 0) is 24.2 Å². The number of benzene rings is 1. The average molecular weight is 463 g/mol. The molecule has 26 heavy (non-hydrogen) atoms. The van der Waals surface area contributed by atoms with Crippen LogP contribution in [0, 0.1) is 0 Å². The van der Waals surface area contributed by atoms with Crippen LogP contribution in [-0.4, -0.2) is 66.6 Å². The van der Waals surface area contributed by atoms with Crippen molar-refractivity contribution in [2.24, 2.45) is 4.99 Å². The number of hydrogen-bond acceptors (Lipinski definition) is 6. The summed E-state index contributed by atoms with van der Waals surface area (Å²) in [5, 5.41) is 8.74. The maximum absolute atomic E-state index is 12.0. The van der Waals surface area contributed by atoms with E-state index in [4.69, 9.17) is 9.84 Å². The number of carbonyl (C=O) groups excluding carboxylic acids is 1. The third-order valence-corrected chi connectivity index (χ3v) is 7.58. The second kappa shape index (κ2) is 7.67. The van der Waals surface area contributed by atoms with Crippen LogP contribution in [0.25, 0.3) is 0 Å². The Balaban J connectivity index is 1.84. The summed E-state index contributed by atoms with van der Waals surface area (Å²) < 4.78 is 29.6. The molecule has 1 aromatic carbocycles. The Morgan fingerprint density at radius 2 is 1.96 bits per heavy atom. The fraction of sp³-hybridized carbons (Fsp3) is 0.400. The van der Waals surface area contributed by atoms with Crippen LogP contribution in [0.15, 0.2) is 33.7 Å². The predicted molar refractivity (Wildman–Crippen MR) is 101 cm³/mol. The number of aliphatic imine (C=N–C) groups is 1. The molecule has 2 unspecified atom stereocenters. The van der Waals surface area contributed by atoms with E-state index < -0.39 is 34.9 Å². The zero-order chi connectivity index (χ0) is 18.9. The number of sulfone groups is 1. The highest BCUT2D eigenvalue weighted by molar-refractivity contribution is 9.10. The molecule has 2 saturated heterocycles. The van der Waals surface area contributed by atoms with Crippen molar-refractivity contribution < 1.29 is 27.9 Å². The van der Waals surface area contributed by atoms with Gasteiger partial charge in [0.1, 0.15) is 13.2 Å². The van der Waals surface area contributed by atoms with Crippen LogP contribution in [0.4, 0.5) is 5.69 Å². The van der Waals surface area contributed by atoms with Crippen molar-refractivity contribution >= 4 is 60.3 Å². The number of ether oxygens (including phenoxy) is 1. The zero-order valence-corrected chi connectivity index (χ0v) is 16.6. The quantitative estimate of drug-likeness (QED) is 0.692. The highest BCUT2D eigenvalue weighted by Gasteiger charge is 2.49. The number of amidine groups is 1. The molecule has 2 aliphatic rings. The van der Waals surface area contributed by atoms with Crippen molar-refractivity contribution in [1.29, 1.82) is 0 Å². The molecule has 0 aromatic heterocycles. The Labute approximate surface area is 162 Å². The maximum Gasteiger partial charge on any atom is 0.329 e. The van der Waals surface area contributed by atoms with E-state index in [2.05, 4.69) is 20.9 Å². The van der Waals surface area contributed by atoms with Crippen LogP contribution < -0.4 is 4.90 Å². The molecule has 2 atom stereocenters.